The van der Waals surface area contributed by atoms with E-state index in [1.54, 1.807) is 37.4 Å². The zero-order valence-corrected chi connectivity index (χ0v) is 15.1. The maximum atomic E-state index is 12.4. The van der Waals surface area contributed by atoms with Crippen molar-refractivity contribution in [3.63, 3.8) is 0 Å². The zero-order valence-electron chi connectivity index (χ0n) is 14.4. The van der Waals surface area contributed by atoms with Crippen LogP contribution in [0.15, 0.2) is 47.6 Å². The molecule has 1 atom stereocenters. The van der Waals surface area contributed by atoms with Crippen LogP contribution in [-0.2, 0) is 10.3 Å². The molecule has 3 rings (SSSR count). The standard InChI is InChI=1S/C18H18ClN5O2/c1-18(10-14(25)24(2)17(20)23-18)11-5-3-6-12(9-11)22-16(26)15-13(19)7-4-8-21-15/h3-9H,10H2,1-2H3,(H2,20,23)(H,22,26). The number of carbonyl (C=O) groups excluding carboxylic acids is 2. The van der Waals surface area contributed by atoms with Gasteiger partial charge in [-0.25, -0.2) is 9.98 Å². The summed E-state index contributed by atoms with van der Waals surface area (Å²) in [6.45, 7) is 1.83. The molecule has 0 saturated carbocycles. The molecule has 8 heteroatoms. The summed E-state index contributed by atoms with van der Waals surface area (Å²) in [6, 6.07) is 10.4. The number of anilines is 1. The van der Waals surface area contributed by atoms with Crippen molar-refractivity contribution >= 4 is 35.1 Å². The highest BCUT2D eigenvalue weighted by Crippen LogP contribution is 2.34. The fourth-order valence-electron chi connectivity index (χ4n) is 2.75. The molecule has 2 aromatic rings. The SMILES string of the molecule is CN1C(=O)CC(C)(c2cccc(NC(=O)c3ncccc3Cl)c2)N=C1N. The maximum absolute atomic E-state index is 12.4. The number of carbonyl (C=O) groups is 2. The lowest BCUT2D eigenvalue weighted by molar-refractivity contribution is -0.128. The number of halogens is 1. The molecule has 0 radical (unpaired) electrons. The number of pyridine rings is 1. The number of aromatic nitrogens is 1. The third kappa shape index (κ3) is 3.39. The van der Waals surface area contributed by atoms with E-state index in [2.05, 4.69) is 15.3 Å². The van der Waals surface area contributed by atoms with Gasteiger partial charge in [0.25, 0.3) is 5.91 Å². The molecule has 134 valence electrons. The summed E-state index contributed by atoms with van der Waals surface area (Å²) in [7, 11) is 1.59. The molecule has 0 bridgehead atoms. The molecule has 1 aliphatic heterocycles. The van der Waals surface area contributed by atoms with Crippen molar-refractivity contribution in [3.05, 3.63) is 58.9 Å². The summed E-state index contributed by atoms with van der Waals surface area (Å²) in [5, 5.41) is 3.04. The Balaban J connectivity index is 1.88. The molecule has 2 amide bonds. The molecule has 0 aliphatic carbocycles. The van der Waals surface area contributed by atoms with Gasteiger partial charge in [0.05, 0.1) is 17.0 Å². The molecule has 26 heavy (non-hydrogen) atoms. The number of rotatable bonds is 3. The number of benzene rings is 1. The minimum Gasteiger partial charge on any atom is -0.369 e. The zero-order chi connectivity index (χ0) is 18.9. The van der Waals surface area contributed by atoms with E-state index in [0.29, 0.717) is 5.69 Å². The molecule has 0 fully saturated rings. The first-order valence-electron chi connectivity index (χ1n) is 7.94. The van der Waals surface area contributed by atoms with Crippen molar-refractivity contribution in [3.8, 4) is 0 Å². The first-order valence-corrected chi connectivity index (χ1v) is 8.32. The molecule has 1 aliphatic rings. The predicted octanol–water partition coefficient (Wildman–Crippen LogP) is 2.38. The van der Waals surface area contributed by atoms with Gasteiger partial charge in [0.2, 0.25) is 5.91 Å². The normalized spacial score (nSPS) is 19.9. The molecule has 0 saturated heterocycles. The second-order valence-corrected chi connectivity index (χ2v) is 6.65. The highest BCUT2D eigenvalue weighted by molar-refractivity contribution is 6.34. The number of guanidine groups is 1. The molecule has 2 heterocycles. The van der Waals surface area contributed by atoms with Gasteiger partial charge in [0.1, 0.15) is 5.69 Å². The van der Waals surface area contributed by atoms with E-state index < -0.39 is 11.4 Å². The van der Waals surface area contributed by atoms with Gasteiger partial charge in [0.15, 0.2) is 5.96 Å². The number of amides is 2. The lowest BCUT2D eigenvalue weighted by atomic mass is 9.87. The Kier molecular flexibility index (Phi) is 4.65. The van der Waals surface area contributed by atoms with Crippen LogP contribution >= 0.6 is 11.6 Å². The summed E-state index contributed by atoms with van der Waals surface area (Å²) in [5.74, 6) is -0.367. The van der Waals surface area contributed by atoms with Crippen molar-refractivity contribution < 1.29 is 9.59 Å². The molecular weight excluding hydrogens is 354 g/mol. The van der Waals surface area contributed by atoms with E-state index in [4.69, 9.17) is 17.3 Å². The molecule has 3 N–H and O–H groups in total. The Morgan fingerprint density at radius 3 is 2.81 bits per heavy atom. The van der Waals surface area contributed by atoms with Crippen LogP contribution in [0.5, 0.6) is 0 Å². The van der Waals surface area contributed by atoms with E-state index in [1.165, 1.54) is 11.1 Å². The van der Waals surface area contributed by atoms with Gasteiger partial charge in [-0.15, -0.1) is 0 Å². The van der Waals surface area contributed by atoms with Crippen LogP contribution in [0.3, 0.4) is 0 Å². The van der Waals surface area contributed by atoms with Crippen LogP contribution in [0, 0.1) is 0 Å². The van der Waals surface area contributed by atoms with Gasteiger partial charge in [-0.1, -0.05) is 23.7 Å². The third-order valence-electron chi connectivity index (χ3n) is 4.29. The topological polar surface area (TPSA) is 101 Å². The number of nitrogens with zero attached hydrogens (tertiary/aromatic N) is 3. The Bertz CT molecular complexity index is 914. The van der Waals surface area contributed by atoms with Crippen molar-refractivity contribution in [2.45, 2.75) is 18.9 Å². The van der Waals surface area contributed by atoms with Gasteiger partial charge < -0.3 is 11.1 Å². The van der Waals surface area contributed by atoms with Gasteiger partial charge >= 0.3 is 0 Å². The van der Waals surface area contributed by atoms with Gasteiger partial charge in [-0.3, -0.25) is 14.5 Å². The van der Waals surface area contributed by atoms with E-state index in [9.17, 15) is 9.59 Å². The van der Waals surface area contributed by atoms with Gasteiger partial charge in [-0.05, 0) is 36.8 Å². The minimum atomic E-state index is -0.795. The highest BCUT2D eigenvalue weighted by atomic mass is 35.5. The molecular formula is C18H18ClN5O2. The minimum absolute atomic E-state index is 0.116. The molecule has 1 aromatic heterocycles. The van der Waals surface area contributed by atoms with Crippen LogP contribution in [-0.4, -0.2) is 34.7 Å². The number of hydrogen-bond acceptors (Lipinski definition) is 5. The van der Waals surface area contributed by atoms with Crippen LogP contribution < -0.4 is 11.1 Å². The lowest BCUT2D eigenvalue weighted by Crippen LogP contribution is -2.47. The molecule has 1 aromatic carbocycles. The van der Waals surface area contributed by atoms with Crippen molar-refractivity contribution in [2.24, 2.45) is 10.7 Å². The van der Waals surface area contributed by atoms with Crippen LogP contribution in [0.2, 0.25) is 5.02 Å². The number of nitrogens with one attached hydrogen (secondary N) is 1. The summed E-state index contributed by atoms with van der Waals surface area (Å²) >= 11 is 6.01. The van der Waals surface area contributed by atoms with Crippen molar-refractivity contribution in [1.82, 2.24) is 9.88 Å². The summed E-state index contributed by atoms with van der Waals surface area (Å²) in [6.07, 6.45) is 1.69. The van der Waals surface area contributed by atoms with Crippen molar-refractivity contribution in [2.75, 3.05) is 12.4 Å². The number of aliphatic imine (C=N–C) groups is 1. The first-order chi connectivity index (χ1) is 12.3. The smallest absolute Gasteiger partial charge is 0.275 e. The van der Waals surface area contributed by atoms with Gasteiger partial charge in [0, 0.05) is 18.9 Å². The third-order valence-corrected chi connectivity index (χ3v) is 4.60. The second kappa shape index (κ2) is 6.76. The summed E-state index contributed by atoms with van der Waals surface area (Å²) in [5.41, 5.74) is 6.52. The fraction of sp³-hybridized carbons (Fsp3) is 0.222. The predicted molar refractivity (Wildman–Crippen MR) is 100 cm³/mol. The Hall–Kier alpha value is -2.93. The second-order valence-electron chi connectivity index (χ2n) is 6.24. The average Bonchev–Trinajstić information content (AvgIpc) is 2.60. The molecule has 1 unspecified atom stereocenters. The van der Waals surface area contributed by atoms with Crippen molar-refractivity contribution in [1.29, 1.82) is 0 Å². The Morgan fingerprint density at radius 1 is 1.35 bits per heavy atom. The van der Waals surface area contributed by atoms with Crippen LogP contribution in [0.4, 0.5) is 5.69 Å². The number of hydrogen-bond donors (Lipinski definition) is 2. The monoisotopic (exact) mass is 371 g/mol. The van der Waals surface area contributed by atoms with E-state index in [1.807, 2.05) is 13.0 Å². The van der Waals surface area contributed by atoms with Crippen LogP contribution in [0.25, 0.3) is 0 Å². The van der Waals surface area contributed by atoms with E-state index in [-0.39, 0.29) is 29.0 Å². The maximum Gasteiger partial charge on any atom is 0.275 e. The van der Waals surface area contributed by atoms with E-state index in [0.717, 1.165) is 5.56 Å². The summed E-state index contributed by atoms with van der Waals surface area (Å²) < 4.78 is 0. The fourth-order valence-corrected chi connectivity index (χ4v) is 2.96. The highest BCUT2D eigenvalue weighted by Gasteiger charge is 2.36. The van der Waals surface area contributed by atoms with Crippen LogP contribution in [0.1, 0.15) is 29.4 Å². The molecule has 7 nitrogen and oxygen atoms in total. The average molecular weight is 372 g/mol. The Labute approximate surface area is 155 Å². The largest absolute Gasteiger partial charge is 0.369 e. The van der Waals surface area contributed by atoms with Gasteiger partial charge in [-0.2, -0.15) is 0 Å². The first kappa shape index (κ1) is 17.9. The van der Waals surface area contributed by atoms with E-state index >= 15 is 0 Å². The quantitative estimate of drug-likeness (QED) is 0.864. The Morgan fingerprint density at radius 2 is 2.12 bits per heavy atom. The molecule has 0 spiro atoms. The summed E-state index contributed by atoms with van der Waals surface area (Å²) in [4.78, 5) is 34.3. The number of nitrogens with two attached hydrogens (primary N) is 1. The lowest BCUT2D eigenvalue weighted by Gasteiger charge is -2.33.